The number of nitrogens with one attached hydrogen (secondary N) is 2. The van der Waals surface area contributed by atoms with E-state index in [1.54, 1.807) is 17.5 Å². The lowest BCUT2D eigenvalue weighted by Crippen LogP contribution is -2.10. The lowest BCUT2D eigenvalue weighted by molar-refractivity contribution is 0.103. The van der Waals surface area contributed by atoms with Crippen molar-refractivity contribution in [3.05, 3.63) is 70.5 Å². The van der Waals surface area contributed by atoms with Gasteiger partial charge in [0.05, 0.1) is 10.6 Å². The number of amides is 1. The molecule has 0 radical (unpaired) electrons. The Hall–Kier alpha value is -2.90. The molecule has 0 aliphatic heterocycles. The third kappa shape index (κ3) is 3.54. The van der Waals surface area contributed by atoms with Gasteiger partial charge in [0.15, 0.2) is 0 Å². The Bertz CT molecular complexity index is 1040. The molecule has 7 heteroatoms. The molecule has 3 aromatic heterocycles. The second kappa shape index (κ2) is 7.15. The third-order valence-electron chi connectivity index (χ3n) is 3.87. The van der Waals surface area contributed by atoms with Crippen molar-refractivity contribution in [2.45, 2.75) is 6.54 Å². The van der Waals surface area contributed by atoms with E-state index in [2.05, 4.69) is 15.6 Å². The summed E-state index contributed by atoms with van der Waals surface area (Å²) in [5, 5.41) is 8.27. The Kier molecular flexibility index (Phi) is 4.55. The van der Waals surface area contributed by atoms with Crippen molar-refractivity contribution in [3.8, 4) is 0 Å². The number of thiophene rings is 2. The number of hydrogen-bond acceptors (Lipinski definition) is 6. The second-order valence-corrected chi connectivity index (χ2v) is 7.74. The normalized spacial score (nSPS) is 10.8. The van der Waals surface area contributed by atoms with Gasteiger partial charge in [-0.05, 0) is 47.3 Å². The molecule has 4 aromatic rings. The molecule has 0 aliphatic carbocycles. The summed E-state index contributed by atoms with van der Waals surface area (Å²) in [6.45, 7) is 0.592. The number of hydrogen-bond donors (Lipinski definition) is 3. The number of nitrogen functional groups attached to an aromatic ring is 1. The molecule has 0 unspecified atom stereocenters. The SMILES string of the molecule is Nc1ncccc1NCc1cccc(NC(=O)c2cc3sccc3s2)c1. The number of fused-ring (bicyclic) bond motifs is 1. The van der Waals surface area contributed by atoms with Gasteiger partial charge in [-0.1, -0.05) is 12.1 Å². The van der Waals surface area contributed by atoms with E-state index < -0.39 is 0 Å². The van der Waals surface area contributed by atoms with Crippen LogP contribution in [0.2, 0.25) is 0 Å². The summed E-state index contributed by atoms with van der Waals surface area (Å²) < 4.78 is 2.29. The number of nitrogens with two attached hydrogens (primary N) is 1. The average molecular weight is 380 g/mol. The summed E-state index contributed by atoms with van der Waals surface area (Å²) in [7, 11) is 0. The molecule has 130 valence electrons. The molecule has 0 saturated carbocycles. The monoisotopic (exact) mass is 380 g/mol. The maximum Gasteiger partial charge on any atom is 0.265 e. The largest absolute Gasteiger partial charge is 0.382 e. The first-order valence-electron chi connectivity index (χ1n) is 8.01. The van der Waals surface area contributed by atoms with Crippen LogP contribution in [0.5, 0.6) is 0 Å². The molecule has 0 saturated heterocycles. The highest BCUT2D eigenvalue weighted by Crippen LogP contribution is 2.30. The van der Waals surface area contributed by atoms with Crippen LogP contribution in [0.3, 0.4) is 0 Å². The zero-order valence-corrected chi connectivity index (χ0v) is 15.4. The third-order valence-corrected chi connectivity index (χ3v) is 5.96. The lowest BCUT2D eigenvalue weighted by Gasteiger charge is -2.10. The first-order valence-corrected chi connectivity index (χ1v) is 9.70. The number of pyridine rings is 1. The van der Waals surface area contributed by atoms with Gasteiger partial charge in [0.25, 0.3) is 5.91 Å². The number of aromatic nitrogens is 1. The van der Waals surface area contributed by atoms with Crippen LogP contribution in [0.4, 0.5) is 17.2 Å². The minimum Gasteiger partial charge on any atom is -0.382 e. The Morgan fingerprint density at radius 3 is 2.88 bits per heavy atom. The highest BCUT2D eigenvalue weighted by atomic mass is 32.1. The van der Waals surface area contributed by atoms with E-state index in [1.807, 2.05) is 53.9 Å². The van der Waals surface area contributed by atoms with E-state index in [4.69, 9.17) is 5.73 Å². The van der Waals surface area contributed by atoms with Crippen LogP contribution < -0.4 is 16.4 Å². The highest BCUT2D eigenvalue weighted by Gasteiger charge is 2.11. The minimum atomic E-state index is -0.0833. The molecular weight excluding hydrogens is 364 g/mol. The summed E-state index contributed by atoms with van der Waals surface area (Å²) in [5.41, 5.74) is 8.44. The van der Waals surface area contributed by atoms with Crippen molar-refractivity contribution >= 4 is 55.2 Å². The molecule has 26 heavy (non-hydrogen) atoms. The zero-order chi connectivity index (χ0) is 17.9. The van der Waals surface area contributed by atoms with Crippen molar-refractivity contribution in [1.29, 1.82) is 0 Å². The van der Waals surface area contributed by atoms with Crippen LogP contribution in [0.1, 0.15) is 15.2 Å². The van der Waals surface area contributed by atoms with Crippen LogP contribution >= 0.6 is 22.7 Å². The van der Waals surface area contributed by atoms with Crippen LogP contribution in [0.25, 0.3) is 9.40 Å². The topological polar surface area (TPSA) is 80.0 Å². The van der Waals surface area contributed by atoms with Gasteiger partial charge in [0.1, 0.15) is 5.82 Å². The molecule has 0 bridgehead atoms. The molecule has 0 spiro atoms. The van der Waals surface area contributed by atoms with Gasteiger partial charge in [-0.15, -0.1) is 22.7 Å². The van der Waals surface area contributed by atoms with Gasteiger partial charge in [0, 0.05) is 27.8 Å². The molecule has 1 aromatic carbocycles. The molecule has 3 heterocycles. The second-order valence-electron chi connectivity index (χ2n) is 5.70. The standard InChI is InChI=1S/C19H16N4OS2/c20-18-14(5-2-7-21-18)22-11-12-3-1-4-13(9-12)23-19(24)17-10-16-15(26-17)6-8-25-16/h1-10,22H,11H2,(H2,20,21)(H,23,24). The van der Waals surface area contributed by atoms with Gasteiger partial charge in [-0.3, -0.25) is 4.79 Å². The van der Waals surface area contributed by atoms with Crippen molar-refractivity contribution in [3.63, 3.8) is 0 Å². The van der Waals surface area contributed by atoms with E-state index in [0.29, 0.717) is 12.4 Å². The van der Waals surface area contributed by atoms with Gasteiger partial charge >= 0.3 is 0 Å². The Morgan fingerprint density at radius 2 is 2.04 bits per heavy atom. The molecule has 0 atom stereocenters. The van der Waals surface area contributed by atoms with E-state index in [0.717, 1.165) is 31.2 Å². The first kappa shape index (κ1) is 16.6. The van der Waals surface area contributed by atoms with E-state index >= 15 is 0 Å². The molecule has 1 amide bonds. The van der Waals surface area contributed by atoms with Crippen molar-refractivity contribution < 1.29 is 4.79 Å². The van der Waals surface area contributed by atoms with Crippen molar-refractivity contribution in [2.24, 2.45) is 0 Å². The number of carbonyl (C=O) groups is 1. The predicted octanol–water partition coefficient (Wildman–Crippen LogP) is 4.80. The number of rotatable bonds is 5. The summed E-state index contributed by atoms with van der Waals surface area (Å²) in [6, 6.07) is 15.5. The Morgan fingerprint density at radius 1 is 1.12 bits per heavy atom. The molecule has 0 aliphatic rings. The summed E-state index contributed by atoms with van der Waals surface area (Å²) >= 11 is 3.16. The average Bonchev–Trinajstić information content (AvgIpc) is 3.23. The number of benzene rings is 1. The maximum atomic E-state index is 12.5. The molecule has 4 rings (SSSR count). The molecule has 4 N–H and O–H groups in total. The van der Waals surface area contributed by atoms with Gasteiger partial charge in [-0.2, -0.15) is 0 Å². The van der Waals surface area contributed by atoms with E-state index in [9.17, 15) is 4.79 Å². The van der Waals surface area contributed by atoms with Gasteiger partial charge < -0.3 is 16.4 Å². The molecule has 5 nitrogen and oxygen atoms in total. The lowest BCUT2D eigenvalue weighted by atomic mass is 10.2. The van der Waals surface area contributed by atoms with Crippen molar-refractivity contribution in [1.82, 2.24) is 4.98 Å². The van der Waals surface area contributed by atoms with E-state index in [1.165, 1.54) is 11.3 Å². The number of nitrogens with zero attached hydrogens (tertiary/aromatic N) is 1. The van der Waals surface area contributed by atoms with Gasteiger partial charge in [-0.25, -0.2) is 4.98 Å². The highest BCUT2D eigenvalue weighted by molar-refractivity contribution is 7.27. The summed E-state index contributed by atoms with van der Waals surface area (Å²) in [6.07, 6.45) is 1.66. The Balaban J connectivity index is 1.44. The summed E-state index contributed by atoms with van der Waals surface area (Å²) in [5.74, 6) is 0.384. The number of anilines is 3. The smallest absolute Gasteiger partial charge is 0.265 e. The van der Waals surface area contributed by atoms with Gasteiger partial charge in [0.2, 0.25) is 0 Å². The minimum absolute atomic E-state index is 0.0833. The first-order chi connectivity index (χ1) is 12.7. The predicted molar refractivity (Wildman–Crippen MR) is 110 cm³/mol. The van der Waals surface area contributed by atoms with Crippen LogP contribution in [-0.4, -0.2) is 10.9 Å². The van der Waals surface area contributed by atoms with Crippen LogP contribution in [0.15, 0.2) is 60.1 Å². The fraction of sp³-hybridized carbons (Fsp3) is 0.0526. The fourth-order valence-corrected chi connectivity index (χ4v) is 4.60. The molecule has 0 fully saturated rings. The quantitative estimate of drug-likeness (QED) is 0.464. The zero-order valence-electron chi connectivity index (χ0n) is 13.7. The van der Waals surface area contributed by atoms with Crippen LogP contribution in [0, 0.1) is 0 Å². The van der Waals surface area contributed by atoms with Crippen LogP contribution in [-0.2, 0) is 6.54 Å². The van der Waals surface area contributed by atoms with Crippen molar-refractivity contribution in [2.75, 3.05) is 16.4 Å². The maximum absolute atomic E-state index is 12.5. The number of carbonyl (C=O) groups excluding carboxylic acids is 1. The molecular formula is C19H16N4OS2. The Labute approximate surface area is 158 Å². The fourth-order valence-electron chi connectivity index (χ4n) is 2.59. The van der Waals surface area contributed by atoms with E-state index in [-0.39, 0.29) is 5.91 Å². The summed E-state index contributed by atoms with van der Waals surface area (Å²) in [4.78, 5) is 17.3.